The van der Waals surface area contributed by atoms with Gasteiger partial charge in [0.2, 0.25) is 11.9 Å². The summed E-state index contributed by atoms with van der Waals surface area (Å²) in [6.07, 6.45) is 1.49. The van der Waals surface area contributed by atoms with Gasteiger partial charge in [-0.3, -0.25) is 14.1 Å². The van der Waals surface area contributed by atoms with E-state index in [9.17, 15) is 0 Å². The molecular formula is C37H26N8. The number of aromatic nitrogens is 5. The third-order valence-electron chi connectivity index (χ3n) is 7.99. The Morgan fingerprint density at radius 1 is 0.600 bits per heavy atom. The fraction of sp³-hybridized carbons (Fsp3) is 0.0270. The van der Waals surface area contributed by atoms with Gasteiger partial charge < -0.3 is 0 Å². The number of hydrogen-bond acceptors (Lipinski definition) is 4. The molecule has 3 aromatic heterocycles. The van der Waals surface area contributed by atoms with Gasteiger partial charge in [0.15, 0.2) is 11.6 Å². The van der Waals surface area contributed by atoms with Crippen molar-refractivity contribution in [3.8, 4) is 28.7 Å². The van der Waals surface area contributed by atoms with Gasteiger partial charge in [0.1, 0.15) is 6.34 Å². The van der Waals surface area contributed by atoms with Crippen molar-refractivity contribution in [2.45, 2.75) is 0 Å². The van der Waals surface area contributed by atoms with Crippen LogP contribution in [0.4, 0.5) is 0 Å². The van der Waals surface area contributed by atoms with Crippen LogP contribution in [0.25, 0.3) is 72.3 Å². The lowest BCUT2D eigenvalue weighted by Crippen LogP contribution is -2.11. The number of rotatable bonds is 4. The fourth-order valence-corrected chi connectivity index (χ4v) is 6.09. The van der Waals surface area contributed by atoms with Crippen LogP contribution in [0.3, 0.4) is 0 Å². The molecule has 5 aromatic carbocycles. The molecule has 8 heteroatoms. The summed E-state index contributed by atoms with van der Waals surface area (Å²) in [5.41, 5.74) is 5.59. The van der Waals surface area contributed by atoms with Crippen molar-refractivity contribution >= 4 is 62.6 Å². The number of fused-ring (bicyclic) bond motifs is 7. The molecular weight excluding hydrogens is 556 g/mol. The van der Waals surface area contributed by atoms with E-state index in [1.807, 2.05) is 78.9 Å². The standard InChI is InChI=1S/C37H26N8/c1-38-23-40-36(39-2)44-30-19-11-9-17-26(30)28-21-22-29-27-18-10-12-20-31(27)45(33(29)32(28)44)37-42-34(24-13-5-3-6-14-24)41-35(43-37)25-15-7-4-8-16-25/h3-23H,2H2,1H3. The highest BCUT2D eigenvalue weighted by Gasteiger charge is 2.24. The van der Waals surface area contributed by atoms with Gasteiger partial charge in [0, 0.05) is 39.7 Å². The monoisotopic (exact) mass is 582 g/mol. The summed E-state index contributed by atoms with van der Waals surface area (Å²) in [5.74, 6) is 2.11. The molecule has 0 radical (unpaired) electrons. The van der Waals surface area contributed by atoms with E-state index < -0.39 is 0 Å². The van der Waals surface area contributed by atoms with E-state index >= 15 is 0 Å². The summed E-state index contributed by atoms with van der Waals surface area (Å²) in [4.78, 5) is 28.2. The van der Waals surface area contributed by atoms with E-state index in [-0.39, 0.29) is 0 Å². The maximum Gasteiger partial charge on any atom is 0.238 e. The van der Waals surface area contributed by atoms with Crippen LogP contribution in [0.5, 0.6) is 0 Å². The molecule has 0 spiro atoms. The van der Waals surface area contributed by atoms with Gasteiger partial charge in [-0.15, -0.1) is 0 Å². The van der Waals surface area contributed by atoms with E-state index in [2.05, 4.69) is 73.3 Å². The van der Waals surface area contributed by atoms with Gasteiger partial charge in [0.05, 0.1) is 22.1 Å². The summed E-state index contributed by atoms with van der Waals surface area (Å²) in [5, 5.41) is 4.25. The zero-order valence-corrected chi connectivity index (χ0v) is 24.4. The van der Waals surface area contributed by atoms with Crippen LogP contribution in [-0.2, 0) is 0 Å². The van der Waals surface area contributed by atoms with Crippen molar-refractivity contribution < 1.29 is 0 Å². The van der Waals surface area contributed by atoms with Crippen LogP contribution >= 0.6 is 0 Å². The maximum absolute atomic E-state index is 5.12. The van der Waals surface area contributed by atoms with Crippen LogP contribution < -0.4 is 0 Å². The third kappa shape index (κ3) is 4.23. The smallest absolute Gasteiger partial charge is 0.238 e. The van der Waals surface area contributed by atoms with E-state index in [0.717, 1.165) is 54.7 Å². The number of benzene rings is 5. The molecule has 0 atom stereocenters. The SMILES string of the molecule is C=NC(=NC=NC)n1c2ccccc2c2ccc3c4ccccc4n(-c4nc(-c5ccccc5)nc(-c5ccccc5)n4)c3c21. The quantitative estimate of drug-likeness (QED) is 0.156. The van der Waals surface area contributed by atoms with Gasteiger partial charge in [-0.05, 0) is 18.9 Å². The maximum atomic E-state index is 5.12. The van der Waals surface area contributed by atoms with Crippen LogP contribution in [0, 0.1) is 0 Å². The molecule has 0 saturated heterocycles. The minimum Gasteiger partial charge on any atom is -0.277 e. The topological polar surface area (TPSA) is 85.6 Å². The second-order valence-electron chi connectivity index (χ2n) is 10.5. The Kier molecular flexibility index (Phi) is 6.31. The first-order valence-corrected chi connectivity index (χ1v) is 14.5. The van der Waals surface area contributed by atoms with E-state index in [0.29, 0.717) is 23.6 Å². The minimum absolute atomic E-state index is 0.418. The Morgan fingerprint density at radius 2 is 1.13 bits per heavy atom. The van der Waals surface area contributed by atoms with E-state index in [1.165, 1.54) is 6.34 Å². The number of para-hydroxylation sites is 2. The molecule has 0 amide bonds. The zero-order valence-electron chi connectivity index (χ0n) is 24.4. The van der Waals surface area contributed by atoms with Crippen molar-refractivity contribution in [1.82, 2.24) is 24.1 Å². The van der Waals surface area contributed by atoms with E-state index in [1.54, 1.807) is 7.05 Å². The highest BCUT2D eigenvalue weighted by atomic mass is 15.2. The first-order valence-electron chi connectivity index (χ1n) is 14.5. The normalized spacial score (nSPS) is 12.2. The van der Waals surface area contributed by atoms with Gasteiger partial charge >= 0.3 is 0 Å². The Labute approximate surface area is 258 Å². The first-order chi connectivity index (χ1) is 22.3. The Morgan fingerprint density at radius 3 is 1.73 bits per heavy atom. The van der Waals surface area contributed by atoms with Crippen LogP contribution in [-0.4, -0.2) is 50.1 Å². The molecule has 0 N–H and O–H groups in total. The lowest BCUT2D eigenvalue weighted by Gasteiger charge is -2.12. The van der Waals surface area contributed by atoms with Gasteiger partial charge in [-0.1, -0.05) is 109 Å². The van der Waals surface area contributed by atoms with Crippen LogP contribution in [0.15, 0.2) is 136 Å². The number of aliphatic imine (C=N–C) groups is 3. The summed E-state index contributed by atoms with van der Waals surface area (Å²) in [6, 6.07) is 40.9. The van der Waals surface area contributed by atoms with Crippen molar-refractivity contribution in [2.75, 3.05) is 7.05 Å². The second-order valence-corrected chi connectivity index (χ2v) is 10.5. The second kappa shape index (κ2) is 10.8. The number of hydrogen-bond donors (Lipinski definition) is 0. The predicted molar refractivity (Wildman–Crippen MR) is 185 cm³/mol. The largest absolute Gasteiger partial charge is 0.277 e. The van der Waals surface area contributed by atoms with Gasteiger partial charge in [0.25, 0.3) is 0 Å². The molecule has 45 heavy (non-hydrogen) atoms. The van der Waals surface area contributed by atoms with Crippen molar-refractivity contribution in [3.63, 3.8) is 0 Å². The molecule has 3 heterocycles. The summed E-state index contributed by atoms with van der Waals surface area (Å²) in [7, 11) is 1.68. The average Bonchev–Trinajstić information content (AvgIpc) is 3.62. The Bertz CT molecular complexity index is 2390. The highest BCUT2D eigenvalue weighted by molar-refractivity contribution is 6.26. The lowest BCUT2D eigenvalue weighted by molar-refractivity contribution is 0.954. The fourth-order valence-electron chi connectivity index (χ4n) is 6.09. The van der Waals surface area contributed by atoms with E-state index in [4.69, 9.17) is 15.0 Å². The Hall–Kier alpha value is -6.28. The van der Waals surface area contributed by atoms with Crippen LogP contribution in [0.2, 0.25) is 0 Å². The summed E-state index contributed by atoms with van der Waals surface area (Å²) in [6.45, 7) is 3.87. The number of nitrogens with zero attached hydrogens (tertiary/aromatic N) is 8. The molecule has 8 nitrogen and oxygen atoms in total. The zero-order chi connectivity index (χ0) is 30.3. The van der Waals surface area contributed by atoms with Crippen molar-refractivity contribution in [1.29, 1.82) is 0 Å². The molecule has 8 aromatic rings. The third-order valence-corrected chi connectivity index (χ3v) is 7.99. The molecule has 0 aliphatic heterocycles. The minimum atomic E-state index is 0.418. The lowest BCUT2D eigenvalue weighted by atomic mass is 10.1. The molecule has 0 saturated carbocycles. The summed E-state index contributed by atoms with van der Waals surface area (Å²) >= 11 is 0. The van der Waals surface area contributed by atoms with Gasteiger partial charge in [-0.2, -0.15) is 9.97 Å². The average molecular weight is 583 g/mol. The molecule has 0 aliphatic rings. The molecule has 0 aliphatic carbocycles. The molecule has 214 valence electrons. The molecule has 8 rings (SSSR count). The van der Waals surface area contributed by atoms with Crippen molar-refractivity contribution in [2.24, 2.45) is 15.0 Å². The first kappa shape index (κ1) is 26.4. The highest BCUT2D eigenvalue weighted by Crippen LogP contribution is 2.40. The van der Waals surface area contributed by atoms with Crippen LogP contribution in [0.1, 0.15) is 0 Å². The van der Waals surface area contributed by atoms with Crippen molar-refractivity contribution in [3.05, 3.63) is 121 Å². The van der Waals surface area contributed by atoms with Gasteiger partial charge in [-0.25, -0.2) is 15.0 Å². The molecule has 0 unspecified atom stereocenters. The molecule has 0 fully saturated rings. The summed E-state index contributed by atoms with van der Waals surface area (Å²) < 4.78 is 4.19. The Balaban J connectivity index is 1.57. The molecule has 0 bridgehead atoms. The predicted octanol–water partition coefficient (Wildman–Crippen LogP) is 7.97.